The van der Waals surface area contributed by atoms with Gasteiger partial charge in [0, 0.05) is 18.2 Å². The summed E-state index contributed by atoms with van der Waals surface area (Å²) in [5.74, 6) is 1.64. The lowest BCUT2D eigenvalue weighted by molar-refractivity contribution is 0.163. The molecule has 0 amide bonds. The Hall–Kier alpha value is -1.87. The molecule has 0 aliphatic carbocycles. The van der Waals surface area contributed by atoms with Gasteiger partial charge in [0.2, 0.25) is 0 Å². The van der Waals surface area contributed by atoms with Crippen LogP contribution in [0.4, 0.5) is 0 Å². The van der Waals surface area contributed by atoms with Crippen LogP contribution in [0.1, 0.15) is 24.2 Å². The summed E-state index contributed by atoms with van der Waals surface area (Å²) in [4.78, 5) is 2.53. The summed E-state index contributed by atoms with van der Waals surface area (Å²) in [5, 5.41) is 4.21. The van der Waals surface area contributed by atoms with E-state index in [1.165, 1.54) is 37.1 Å². The fraction of sp³-hybridized carbons (Fsp3) is 0.389. The molecule has 1 aromatic carbocycles. The van der Waals surface area contributed by atoms with Crippen molar-refractivity contribution in [2.45, 2.75) is 19.8 Å². The van der Waals surface area contributed by atoms with Gasteiger partial charge in [0.1, 0.15) is 5.69 Å². The van der Waals surface area contributed by atoms with E-state index in [0.29, 0.717) is 0 Å². The van der Waals surface area contributed by atoms with E-state index >= 15 is 0 Å². The normalized spacial score (nSPS) is 26.4. The quantitative estimate of drug-likeness (QED) is 0.839. The van der Waals surface area contributed by atoms with Crippen molar-refractivity contribution in [2.75, 3.05) is 19.6 Å². The summed E-state index contributed by atoms with van der Waals surface area (Å²) in [6, 6.07) is 10.5. The highest BCUT2D eigenvalue weighted by molar-refractivity contribution is 5.62. The van der Waals surface area contributed by atoms with E-state index in [2.05, 4.69) is 53.4 Å². The van der Waals surface area contributed by atoms with E-state index in [-0.39, 0.29) is 0 Å². The average molecular weight is 280 g/mol. The predicted octanol–water partition coefficient (Wildman–Crippen LogP) is 3.76. The first kappa shape index (κ1) is 12.8. The first-order valence-corrected chi connectivity index (χ1v) is 7.74. The molecule has 2 bridgehead atoms. The zero-order valence-electron chi connectivity index (χ0n) is 12.4. The van der Waals surface area contributed by atoms with Crippen molar-refractivity contribution in [1.29, 1.82) is 0 Å². The molecular formula is C18H20N2O. The summed E-state index contributed by atoms with van der Waals surface area (Å²) < 4.78 is 5.51. The summed E-state index contributed by atoms with van der Waals surface area (Å²) in [6.07, 6.45) is 4.80. The molecule has 0 radical (unpaired) electrons. The molecule has 0 saturated carbocycles. The van der Waals surface area contributed by atoms with Gasteiger partial charge in [0.15, 0.2) is 5.76 Å². The predicted molar refractivity (Wildman–Crippen MR) is 83.8 cm³/mol. The van der Waals surface area contributed by atoms with Crippen molar-refractivity contribution in [1.82, 2.24) is 10.1 Å². The number of benzene rings is 1. The molecule has 3 heteroatoms. The van der Waals surface area contributed by atoms with Crippen molar-refractivity contribution in [3.8, 4) is 11.3 Å². The van der Waals surface area contributed by atoms with Gasteiger partial charge in [-0.2, -0.15) is 0 Å². The third-order valence-electron chi connectivity index (χ3n) is 4.72. The molecule has 108 valence electrons. The Morgan fingerprint density at radius 3 is 2.62 bits per heavy atom. The van der Waals surface area contributed by atoms with Crippen LogP contribution < -0.4 is 0 Å². The summed E-state index contributed by atoms with van der Waals surface area (Å²) in [5.41, 5.74) is 4.81. The average Bonchev–Trinajstić information content (AvgIpc) is 2.98. The Balaban J connectivity index is 1.58. The smallest absolute Gasteiger partial charge is 0.160 e. The fourth-order valence-corrected chi connectivity index (χ4v) is 3.41. The van der Waals surface area contributed by atoms with Gasteiger partial charge in [-0.05, 0) is 50.4 Å². The number of nitrogens with zero attached hydrogens (tertiary/aromatic N) is 2. The molecule has 3 aliphatic rings. The van der Waals surface area contributed by atoms with E-state index in [1.54, 1.807) is 0 Å². The van der Waals surface area contributed by atoms with Gasteiger partial charge in [-0.3, -0.25) is 4.90 Å². The van der Waals surface area contributed by atoms with Crippen LogP contribution in [-0.4, -0.2) is 29.7 Å². The Labute approximate surface area is 125 Å². The van der Waals surface area contributed by atoms with Gasteiger partial charge < -0.3 is 4.52 Å². The number of rotatable bonds is 2. The van der Waals surface area contributed by atoms with Crippen molar-refractivity contribution in [2.24, 2.45) is 5.92 Å². The minimum absolute atomic E-state index is 0.753. The SMILES string of the molecule is Cc1ccc(-c2cc(/C=C3\CN4CCC3CC4)on2)cc1. The molecule has 0 spiro atoms. The molecule has 21 heavy (non-hydrogen) atoms. The maximum atomic E-state index is 5.51. The number of piperidine rings is 3. The highest BCUT2D eigenvalue weighted by Gasteiger charge is 2.29. The summed E-state index contributed by atoms with van der Waals surface area (Å²) in [7, 11) is 0. The molecule has 5 rings (SSSR count). The van der Waals surface area contributed by atoms with Crippen LogP contribution in [0.15, 0.2) is 40.4 Å². The second-order valence-corrected chi connectivity index (χ2v) is 6.25. The first-order chi connectivity index (χ1) is 10.3. The first-order valence-electron chi connectivity index (χ1n) is 7.74. The second-order valence-electron chi connectivity index (χ2n) is 6.25. The van der Waals surface area contributed by atoms with Crippen LogP contribution in [0.25, 0.3) is 17.3 Å². The van der Waals surface area contributed by atoms with Gasteiger partial charge in [-0.1, -0.05) is 35.0 Å². The fourth-order valence-electron chi connectivity index (χ4n) is 3.41. The Kier molecular flexibility index (Phi) is 3.15. The highest BCUT2D eigenvalue weighted by atomic mass is 16.5. The molecule has 1 aromatic heterocycles. The van der Waals surface area contributed by atoms with Gasteiger partial charge in [0.25, 0.3) is 0 Å². The second kappa shape index (κ2) is 5.15. The lowest BCUT2D eigenvalue weighted by atomic mass is 9.83. The molecule has 0 unspecified atom stereocenters. The van der Waals surface area contributed by atoms with Gasteiger partial charge in [-0.15, -0.1) is 0 Å². The van der Waals surface area contributed by atoms with Gasteiger partial charge >= 0.3 is 0 Å². The Morgan fingerprint density at radius 1 is 1.19 bits per heavy atom. The van der Waals surface area contributed by atoms with Gasteiger partial charge in [0.05, 0.1) is 0 Å². The van der Waals surface area contributed by atoms with E-state index in [1.807, 2.05) is 0 Å². The van der Waals surface area contributed by atoms with Crippen molar-refractivity contribution in [3.05, 3.63) is 47.2 Å². The number of aromatic nitrogens is 1. The molecule has 4 heterocycles. The number of aryl methyl sites for hydroxylation is 1. The maximum absolute atomic E-state index is 5.51. The zero-order chi connectivity index (χ0) is 14.2. The zero-order valence-corrected chi connectivity index (χ0v) is 12.4. The van der Waals surface area contributed by atoms with E-state index < -0.39 is 0 Å². The standard InChI is InChI=1S/C18H20N2O/c1-13-2-4-15(5-3-13)18-11-17(21-19-18)10-16-12-20-8-6-14(16)7-9-20/h2-5,10-11,14H,6-9,12H2,1H3/b16-10+. The number of hydrogen-bond acceptors (Lipinski definition) is 3. The lowest BCUT2D eigenvalue weighted by Gasteiger charge is -2.40. The topological polar surface area (TPSA) is 29.3 Å². The molecule has 3 fully saturated rings. The Morgan fingerprint density at radius 2 is 1.95 bits per heavy atom. The molecule has 0 N–H and O–H groups in total. The third kappa shape index (κ3) is 2.54. The van der Waals surface area contributed by atoms with Crippen LogP contribution in [0.3, 0.4) is 0 Å². The van der Waals surface area contributed by atoms with Crippen molar-refractivity contribution >= 4 is 6.08 Å². The minimum Gasteiger partial charge on any atom is -0.356 e. The van der Waals surface area contributed by atoms with Crippen LogP contribution >= 0.6 is 0 Å². The van der Waals surface area contributed by atoms with Crippen molar-refractivity contribution in [3.63, 3.8) is 0 Å². The maximum Gasteiger partial charge on any atom is 0.160 e. The monoisotopic (exact) mass is 280 g/mol. The molecule has 2 aromatic rings. The highest BCUT2D eigenvalue weighted by Crippen LogP contribution is 2.33. The van der Waals surface area contributed by atoms with Gasteiger partial charge in [-0.25, -0.2) is 0 Å². The van der Waals surface area contributed by atoms with Crippen LogP contribution in [0.2, 0.25) is 0 Å². The molecule has 3 saturated heterocycles. The van der Waals surface area contributed by atoms with Crippen molar-refractivity contribution < 1.29 is 4.52 Å². The minimum atomic E-state index is 0.753. The largest absolute Gasteiger partial charge is 0.356 e. The van der Waals surface area contributed by atoms with Crippen LogP contribution in [-0.2, 0) is 0 Å². The summed E-state index contributed by atoms with van der Waals surface area (Å²) >= 11 is 0. The van der Waals surface area contributed by atoms with E-state index in [4.69, 9.17) is 4.52 Å². The van der Waals surface area contributed by atoms with E-state index in [9.17, 15) is 0 Å². The lowest BCUT2D eigenvalue weighted by Crippen LogP contribution is -2.42. The molecule has 0 atom stereocenters. The summed E-state index contributed by atoms with van der Waals surface area (Å²) in [6.45, 7) is 5.71. The molecular weight excluding hydrogens is 260 g/mol. The number of fused-ring (bicyclic) bond motifs is 3. The van der Waals surface area contributed by atoms with E-state index in [0.717, 1.165) is 29.5 Å². The molecule has 3 aliphatic heterocycles. The number of hydrogen-bond donors (Lipinski definition) is 0. The third-order valence-corrected chi connectivity index (χ3v) is 4.72. The Bertz CT molecular complexity index is 661. The van der Waals surface area contributed by atoms with Crippen LogP contribution in [0.5, 0.6) is 0 Å². The molecule has 3 nitrogen and oxygen atoms in total. The van der Waals surface area contributed by atoms with Crippen LogP contribution in [0, 0.1) is 12.8 Å².